The molecule has 1 heterocycles. The minimum atomic E-state index is -0.143. The van der Waals surface area contributed by atoms with Crippen molar-refractivity contribution in [3.05, 3.63) is 30.1 Å². The van der Waals surface area contributed by atoms with E-state index in [-0.39, 0.29) is 12.3 Å². The fraction of sp³-hybridized carbons (Fsp3) is 0.333. The molecule has 7 heteroatoms. The van der Waals surface area contributed by atoms with Crippen LogP contribution in [0, 0.1) is 0 Å². The molecule has 100 valence electrons. The molecule has 7 nitrogen and oxygen atoms in total. The highest BCUT2D eigenvalue weighted by molar-refractivity contribution is 5.91. The first-order valence-electron chi connectivity index (χ1n) is 5.85. The fourth-order valence-corrected chi connectivity index (χ4v) is 1.59. The van der Waals surface area contributed by atoms with Crippen LogP contribution >= 0.6 is 0 Å². The molecule has 0 spiro atoms. The minimum Gasteiger partial charge on any atom is -0.378 e. The van der Waals surface area contributed by atoms with Gasteiger partial charge in [0.1, 0.15) is 0 Å². The highest BCUT2D eigenvalue weighted by atomic mass is 16.1. The van der Waals surface area contributed by atoms with Gasteiger partial charge in [-0.25, -0.2) is 4.68 Å². The van der Waals surface area contributed by atoms with Gasteiger partial charge in [0.05, 0.1) is 6.42 Å². The van der Waals surface area contributed by atoms with Crippen molar-refractivity contribution in [1.29, 1.82) is 0 Å². The lowest BCUT2D eigenvalue weighted by atomic mass is 10.2. The normalized spacial score (nSPS) is 10.3. The number of nitrogens with zero attached hydrogens (tertiary/aromatic N) is 5. The predicted molar refractivity (Wildman–Crippen MR) is 71.9 cm³/mol. The zero-order chi connectivity index (χ0) is 13.8. The highest BCUT2D eigenvalue weighted by Crippen LogP contribution is 2.15. The summed E-state index contributed by atoms with van der Waals surface area (Å²) in [6.45, 7) is 0. The van der Waals surface area contributed by atoms with Crippen LogP contribution in [0.2, 0.25) is 0 Å². The molecule has 0 fully saturated rings. The number of benzene rings is 1. The second-order valence-electron chi connectivity index (χ2n) is 4.38. The van der Waals surface area contributed by atoms with E-state index >= 15 is 0 Å². The van der Waals surface area contributed by atoms with E-state index < -0.39 is 0 Å². The molecule has 0 aliphatic carbocycles. The molecular formula is C12H16N6O. The molecule has 0 atom stereocenters. The number of carbonyl (C=O) groups is 1. The number of hydrogen-bond acceptors (Lipinski definition) is 5. The molecule has 0 saturated heterocycles. The number of aromatic nitrogens is 4. The lowest BCUT2D eigenvalue weighted by molar-refractivity contribution is -0.115. The summed E-state index contributed by atoms with van der Waals surface area (Å²) >= 11 is 0. The Kier molecular flexibility index (Phi) is 3.74. The lowest BCUT2D eigenvalue weighted by Gasteiger charge is -2.12. The minimum absolute atomic E-state index is 0.143. The smallest absolute Gasteiger partial charge is 0.232 e. The van der Waals surface area contributed by atoms with E-state index in [0.29, 0.717) is 5.82 Å². The number of nitrogens with one attached hydrogen (secondary N) is 1. The van der Waals surface area contributed by atoms with E-state index in [9.17, 15) is 4.79 Å². The summed E-state index contributed by atoms with van der Waals surface area (Å²) in [6.07, 6.45) is 0.152. The van der Waals surface area contributed by atoms with Gasteiger partial charge in [-0.1, -0.05) is 0 Å². The number of amides is 1. The lowest BCUT2D eigenvalue weighted by Crippen LogP contribution is -2.17. The standard InChI is InChI=1S/C12H16N6O/c1-17(2)10-6-4-9(5-7-10)13-12(19)8-11-14-15-16-18(11)3/h4-7H,8H2,1-3H3,(H,13,19). The predicted octanol–water partition coefficient (Wildman–Crippen LogP) is 0.457. The van der Waals surface area contributed by atoms with Crippen LogP contribution in [0.5, 0.6) is 0 Å². The van der Waals surface area contributed by atoms with Crippen molar-refractivity contribution in [2.24, 2.45) is 7.05 Å². The summed E-state index contributed by atoms with van der Waals surface area (Å²) in [5.74, 6) is 0.387. The third-order valence-corrected chi connectivity index (χ3v) is 2.69. The molecule has 0 aliphatic heterocycles. The van der Waals surface area contributed by atoms with Crippen molar-refractivity contribution < 1.29 is 4.79 Å². The molecule has 2 rings (SSSR count). The van der Waals surface area contributed by atoms with Gasteiger partial charge in [0.2, 0.25) is 5.91 Å². The summed E-state index contributed by atoms with van der Waals surface area (Å²) < 4.78 is 1.48. The van der Waals surface area contributed by atoms with Gasteiger partial charge in [-0.2, -0.15) is 0 Å². The Hall–Kier alpha value is -2.44. The molecule has 1 aromatic heterocycles. The average Bonchev–Trinajstić information content (AvgIpc) is 2.75. The first-order chi connectivity index (χ1) is 9.06. The van der Waals surface area contributed by atoms with Gasteiger partial charge in [-0.15, -0.1) is 5.10 Å². The van der Waals surface area contributed by atoms with Crippen LogP contribution in [0.3, 0.4) is 0 Å². The largest absolute Gasteiger partial charge is 0.378 e. The maximum absolute atomic E-state index is 11.8. The van der Waals surface area contributed by atoms with Crippen molar-refractivity contribution in [3.8, 4) is 0 Å². The Morgan fingerprint density at radius 3 is 2.53 bits per heavy atom. The Morgan fingerprint density at radius 2 is 2.00 bits per heavy atom. The van der Waals surface area contributed by atoms with E-state index in [4.69, 9.17) is 0 Å². The van der Waals surface area contributed by atoms with Crippen LogP contribution in [-0.4, -0.2) is 40.2 Å². The molecular weight excluding hydrogens is 244 g/mol. The number of hydrogen-bond donors (Lipinski definition) is 1. The van der Waals surface area contributed by atoms with E-state index in [1.807, 2.05) is 43.3 Å². The number of tetrazole rings is 1. The van der Waals surface area contributed by atoms with Crippen LogP contribution in [-0.2, 0) is 18.3 Å². The van der Waals surface area contributed by atoms with E-state index in [1.165, 1.54) is 4.68 Å². The fourth-order valence-electron chi connectivity index (χ4n) is 1.59. The Morgan fingerprint density at radius 1 is 1.32 bits per heavy atom. The van der Waals surface area contributed by atoms with Crippen molar-refractivity contribution >= 4 is 17.3 Å². The SMILES string of the molecule is CN(C)c1ccc(NC(=O)Cc2nnnn2C)cc1. The first kappa shape index (κ1) is 13.0. The van der Waals surface area contributed by atoms with Crippen molar-refractivity contribution in [2.45, 2.75) is 6.42 Å². The van der Waals surface area contributed by atoms with Crippen molar-refractivity contribution in [3.63, 3.8) is 0 Å². The number of rotatable bonds is 4. The zero-order valence-corrected chi connectivity index (χ0v) is 11.2. The molecule has 1 aromatic carbocycles. The summed E-state index contributed by atoms with van der Waals surface area (Å²) in [4.78, 5) is 13.8. The first-order valence-corrected chi connectivity index (χ1v) is 5.85. The molecule has 0 radical (unpaired) electrons. The van der Waals surface area contributed by atoms with Crippen LogP contribution in [0.4, 0.5) is 11.4 Å². The average molecular weight is 260 g/mol. The number of aryl methyl sites for hydroxylation is 1. The van der Waals surface area contributed by atoms with Crippen LogP contribution in [0.25, 0.3) is 0 Å². The van der Waals surface area contributed by atoms with Gasteiger partial charge in [0, 0.05) is 32.5 Å². The summed E-state index contributed by atoms with van der Waals surface area (Å²) in [6, 6.07) is 7.61. The molecule has 1 amide bonds. The second-order valence-corrected chi connectivity index (χ2v) is 4.38. The molecule has 19 heavy (non-hydrogen) atoms. The van der Waals surface area contributed by atoms with E-state index in [1.54, 1.807) is 7.05 Å². The van der Waals surface area contributed by atoms with Crippen molar-refractivity contribution in [1.82, 2.24) is 20.2 Å². The number of anilines is 2. The van der Waals surface area contributed by atoms with Gasteiger partial charge in [-0.3, -0.25) is 4.79 Å². The molecule has 0 saturated carbocycles. The Bertz CT molecular complexity index is 560. The van der Waals surface area contributed by atoms with Crippen LogP contribution in [0.15, 0.2) is 24.3 Å². The van der Waals surface area contributed by atoms with E-state index in [0.717, 1.165) is 11.4 Å². The summed E-state index contributed by atoms with van der Waals surface area (Å²) in [5.41, 5.74) is 1.83. The molecule has 0 aliphatic rings. The van der Waals surface area contributed by atoms with Crippen molar-refractivity contribution in [2.75, 3.05) is 24.3 Å². The van der Waals surface area contributed by atoms with Gasteiger partial charge < -0.3 is 10.2 Å². The third-order valence-electron chi connectivity index (χ3n) is 2.69. The maximum atomic E-state index is 11.8. The van der Waals surface area contributed by atoms with Gasteiger partial charge in [0.25, 0.3) is 0 Å². The second kappa shape index (κ2) is 5.47. The van der Waals surface area contributed by atoms with Gasteiger partial charge in [-0.05, 0) is 34.7 Å². The summed E-state index contributed by atoms with van der Waals surface area (Å²) in [5, 5.41) is 13.7. The third kappa shape index (κ3) is 3.27. The molecule has 0 bridgehead atoms. The maximum Gasteiger partial charge on any atom is 0.232 e. The number of carbonyl (C=O) groups excluding carboxylic acids is 1. The molecule has 0 unspecified atom stereocenters. The van der Waals surface area contributed by atoms with Crippen LogP contribution in [0.1, 0.15) is 5.82 Å². The topological polar surface area (TPSA) is 75.9 Å². The highest BCUT2D eigenvalue weighted by Gasteiger charge is 2.09. The van der Waals surface area contributed by atoms with E-state index in [2.05, 4.69) is 20.8 Å². The van der Waals surface area contributed by atoms with Gasteiger partial charge in [0.15, 0.2) is 5.82 Å². The summed E-state index contributed by atoms with van der Waals surface area (Å²) in [7, 11) is 5.64. The van der Waals surface area contributed by atoms with Crippen LogP contribution < -0.4 is 10.2 Å². The monoisotopic (exact) mass is 260 g/mol. The quantitative estimate of drug-likeness (QED) is 0.864. The van der Waals surface area contributed by atoms with Gasteiger partial charge >= 0.3 is 0 Å². The Balaban J connectivity index is 1.97. The Labute approximate surface area is 111 Å². The zero-order valence-electron chi connectivity index (χ0n) is 11.2. The molecule has 2 aromatic rings. The molecule has 1 N–H and O–H groups in total.